The molecule has 1 saturated carbocycles. The van der Waals surface area contributed by atoms with Gasteiger partial charge in [-0.05, 0) is 31.0 Å². The van der Waals surface area contributed by atoms with Crippen molar-refractivity contribution in [3.63, 3.8) is 0 Å². The summed E-state index contributed by atoms with van der Waals surface area (Å²) >= 11 is 0. The van der Waals surface area contributed by atoms with Crippen LogP contribution in [0.4, 0.5) is 0 Å². The van der Waals surface area contributed by atoms with E-state index in [1.807, 2.05) is 0 Å². The molecule has 0 radical (unpaired) electrons. The molecule has 0 spiro atoms. The minimum Gasteiger partial charge on any atom is -0.469 e. The molecule has 6 heteroatoms. The molecule has 1 heterocycles. The van der Waals surface area contributed by atoms with E-state index in [0.717, 1.165) is 12.8 Å². The topological polar surface area (TPSA) is 65.1 Å². The summed E-state index contributed by atoms with van der Waals surface area (Å²) in [7, 11) is 1.36. The van der Waals surface area contributed by atoms with Crippen molar-refractivity contribution < 1.29 is 23.8 Å². The van der Waals surface area contributed by atoms with Crippen molar-refractivity contribution in [2.75, 3.05) is 20.4 Å². The SMILES string of the molecule is COC(=O)C(C)CN(C(=O)c1ccc2c(c1)OCO2)C1CC1. The number of carbonyl (C=O) groups is 2. The minimum atomic E-state index is -0.344. The van der Waals surface area contributed by atoms with Gasteiger partial charge in [0.2, 0.25) is 6.79 Å². The van der Waals surface area contributed by atoms with E-state index in [4.69, 9.17) is 14.2 Å². The Labute approximate surface area is 128 Å². The summed E-state index contributed by atoms with van der Waals surface area (Å²) in [6.45, 7) is 2.32. The highest BCUT2D eigenvalue weighted by Crippen LogP contribution is 2.34. The van der Waals surface area contributed by atoms with E-state index >= 15 is 0 Å². The van der Waals surface area contributed by atoms with Crippen LogP contribution in [0.1, 0.15) is 30.1 Å². The Morgan fingerprint density at radius 2 is 2.05 bits per heavy atom. The maximum Gasteiger partial charge on any atom is 0.310 e. The molecule has 22 heavy (non-hydrogen) atoms. The maximum atomic E-state index is 12.8. The van der Waals surface area contributed by atoms with E-state index in [9.17, 15) is 9.59 Å². The van der Waals surface area contributed by atoms with Crippen molar-refractivity contribution >= 4 is 11.9 Å². The number of hydrogen-bond acceptors (Lipinski definition) is 5. The van der Waals surface area contributed by atoms with Gasteiger partial charge in [-0.2, -0.15) is 0 Å². The van der Waals surface area contributed by atoms with Crippen molar-refractivity contribution in [3.8, 4) is 11.5 Å². The zero-order valence-corrected chi connectivity index (χ0v) is 12.7. The summed E-state index contributed by atoms with van der Waals surface area (Å²) in [5.41, 5.74) is 0.549. The van der Waals surface area contributed by atoms with Crippen LogP contribution in [0.3, 0.4) is 0 Å². The first kappa shape index (κ1) is 14.7. The van der Waals surface area contributed by atoms with Crippen LogP contribution in [0, 0.1) is 5.92 Å². The third kappa shape index (κ3) is 2.86. The van der Waals surface area contributed by atoms with E-state index in [0.29, 0.717) is 23.6 Å². The summed E-state index contributed by atoms with van der Waals surface area (Å²) in [4.78, 5) is 26.1. The monoisotopic (exact) mass is 305 g/mol. The van der Waals surface area contributed by atoms with Crippen LogP contribution in [0.25, 0.3) is 0 Å². The molecule has 1 unspecified atom stereocenters. The molecule has 6 nitrogen and oxygen atoms in total. The molecular formula is C16H19NO5. The van der Waals surface area contributed by atoms with Gasteiger partial charge in [-0.1, -0.05) is 6.92 Å². The van der Waals surface area contributed by atoms with E-state index in [1.54, 1.807) is 30.0 Å². The second-order valence-electron chi connectivity index (χ2n) is 5.68. The molecule has 1 amide bonds. The van der Waals surface area contributed by atoms with Crippen LogP contribution >= 0.6 is 0 Å². The Morgan fingerprint density at radius 3 is 2.73 bits per heavy atom. The molecule has 0 N–H and O–H groups in total. The fraction of sp³-hybridized carbons (Fsp3) is 0.500. The lowest BCUT2D eigenvalue weighted by Gasteiger charge is -2.25. The van der Waals surface area contributed by atoms with E-state index in [2.05, 4.69) is 0 Å². The zero-order valence-electron chi connectivity index (χ0n) is 12.7. The second kappa shape index (κ2) is 5.87. The predicted molar refractivity (Wildman–Crippen MR) is 77.8 cm³/mol. The first-order valence-corrected chi connectivity index (χ1v) is 7.38. The smallest absolute Gasteiger partial charge is 0.310 e. The lowest BCUT2D eigenvalue weighted by molar-refractivity contribution is -0.145. The van der Waals surface area contributed by atoms with Gasteiger partial charge in [-0.15, -0.1) is 0 Å². The molecule has 1 atom stereocenters. The molecule has 1 aliphatic heterocycles. The van der Waals surface area contributed by atoms with E-state index < -0.39 is 0 Å². The average Bonchev–Trinajstić information content (AvgIpc) is 3.27. The standard InChI is InChI=1S/C16H19NO5/c1-10(16(19)20-2)8-17(12-4-5-12)15(18)11-3-6-13-14(7-11)22-9-21-13/h3,6-7,10,12H,4-5,8-9H2,1-2H3. The summed E-state index contributed by atoms with van der Waals surface area (Å²) in [6, 6.07) is 5.38. The van der Waals surface area contributed by atoms with Crippen LogP contribution in [0.2, 0.25) is 0 Å². The summed E-state index contributed by atoms with van der Waals surface area (Å²) < 4.78 is 15.3. The van der Waals surface area contributed by atoms with Gasteiger partial charge in [-0.25, -0.2) is 0 Å². The van der Waals surface area contributed by atoms with Gasteiger partial charge < -0.3 is 19.1 Å². The van der Waals surface area contributed by atoms with Crippen LogP contribution in [0.5, 0.6) is 11.5 Å². The van der Waals surface area contributed by atoms with Gasteiger partial charge in [0.05, 0.1) is 13.0 Å². The number of rotatable bonds is 5. The van der Waals surface area contributed by atoms with Crippen molar-refractivity contribution in [2.45, 2.75) is 25.8 Å². The van der Waals surface area contributed by atoms with Crippen LogP contribution < -0.4 is 9.47 Å². The molecule has 0 bridgehead atoms. The number of methoxy groups -OCH3 is 1. The number of benzene rings is 1. The molecule has 0 saturated heterocycles. The Hall–Kier alpha value is -2.24. The summed E-state index contributed by atoms with van der Waals surface area (Å²) in [5, 5.41) is 0. The first-order chi connectivity index (χ1) is 10.6. The van der Waals surface area contributed by atoms with Gasteiger partial charge in [0.25, 0.3) is 5.91 Å². The number of amides is 1. The van der Waals surface area contributed by atoms with Crippen molar-refractivity contribution in [1.82, 2.24) is 4.90 Å². The molecular weight excluding hydrogens is 286 g/mol. The normalized spacial score (nSPS) is 17.0. The lowest BCUT2D eigenvalue weighted by atomic mass is 10.1. The quantitative estimate of drug-likeness (QED) is 0.777. The highest BCUT2D eigenvalue weighted by Gasteiger charge is 2.35. The summed E-state index contributed by atoms with van der Waals surface area (Å²) in [5.74, 6) is 0.504. The van der Waals surface area contributed by atoms with E-state index in [1.165, 1.54) is 7.11 Å². The number of fused-ring (bicyclic) bond motifs is 1. The number of esters is 1. The van der Waals surface area contributed by atoms with Crippen LogP contribution in [-0.4, -0.2) is 43.3 Å². The minimum absolute atomic E-state index is 0.0865. The number of carbonyl (C=O) groups excluding carboxylic acids is 2. The van der Waals surface area contributed by atoms with Gasteiger partial charge >= 0.3 is 5.97 Å². The number of hydrogen-bond donors (Lipinski definition) is 0. The van der Waals surface area contributed by atoms with Crippen molar-refractivity contribution in [2.24, 2.45) is 5.92 Å². The first-order valence-electron chi connectivity index (χ1n) is 7.38. The molecule has 2 aliphatic rings. The largest absolute Gasteiger partial charge is 0.469 e. The van der Waals surface area contributed by atoms with Gasteiger partial charge in [0, 0.05) is 18.2 Å². The maximum absolute atomic E-state index is 12.8. The van der Waals surface area contributed by atoms with Crippen LogP contribution in [0.15, 0.2) is 18.2 Å². The molecule has 1 aliphatic carbocycles. The fourth-order valence-corrected chi connectivity index (χ4v) is 2.55. The number of ether oxygens (including phenoxy) is 3. The van der Waals surface area contributed by atoms with Crippen molar-refractivity contribution in [1.29, 1.82) is 0 Å². The highest BCUT2D eigenvalue weighted by atomic mass is 16.7. The summed E-state index contributed by atoms with van der Waals surface area (Å²) in [6.07, 6.45) is 1.95. The number of nitrogens with zero attached hydrogens (tertiary/aromatic N) is 1. The average molecular weight is 305 g/mol. The molecule has 0 aromatic heterocycles. The third-order valence-corrected chi connectivity index (χ3v) is 3.94. The molecule has 1 fully saturated rings. The Bertz CT molecular complexity index is 596. The Kier molecular flexibility index (Phi) is 3.92. The molecule has 118 valence electrons. The fourth-order valence-electron chi connectivity index (χ4n) is 2.55. The second-order valence-corrected chi connectivity index (χ2v) is 5.68. The molecule has 1 aromatic rings. The highest BCUT2D eigenvalue weighted by molar-refractivity contribution is 5.95. The van der Waals surface area contributed by atoms with Gasteiger partial charge in [0.15, 0.2) is 11.5 Å². The lowest BCUT2D eigenvalue weighted by Crippen LogP contribution is -2.38. The van der Waals surface area contributed by atoms with Gasteiger partial charge in [-0.3, -0.25) is 9.59 Å². The van der Waals surface area contributed by atoms with Crippen LogP contribution in [-0.2, 0) is 9.53 Å². The zero-order chi connectivity index (χ0) is 15.7. The van der Waals surface area contributed by atoms with Gasteiger partial charge in [0.1, 0.15) is 0 Å². The van der Waals surface area contributed by atoms with Crippen molar-refractivity contribution in [3.05, 3.63) is 23.8 Å². The predicted octanol–water partition coefficient (Wildman–Crippen LogP) is 1.83. The third-order valence-electron chi connectivity index (χ3n) is 3.94. The van der Waals surface area contributed by atoms with E-state index in [-0.39, 0.29) is 30.6 Å². The Balaban J connectivity index is 1.76. The molecule has 1 aromatic carbocycles. The molecule has 3 rings (SSSR count). The Morgan fingerprint density at radius 1 is 1.32 bits per heavy atom.